The maximum Gasteiger partial charge on any atom is 0.275 e. The van der Waals surface area contributed by atoms with Gasteiger partial charge < -0.3 is 5.32 Å². The van der Waals surface area contributed by atoms with Gasteiger partial charge in [-0.15, -0.1) is 0 Å². The molecule has 0 radical (unpaired) electrons. The minimum absolute atomic E-state index is 0.0267. The lowest BCUT2D eigenvalue weighted by atomic mass is 10.1. The molecule has 4 nitrogen and oxygen atoms in total. The summed E-state index contributed by atoms with van der Waals surface area (Å²) in [6, 6.07) is 10.5. The third-order valence-electron chi connectivity index (χ3n) is 2.88. The molecule has 0 atom stereocenters. The Bertz CT molecular complexity index is 662. The average molecular weight is 356 g/mol. The molecule has 0 aliphatic carbocycles. The summed E-state index contributed by atoms with van der Waals surface area (Å²) >= 11 is 9.22. The summed E-state index contributed by atoms with van der Waals surface area (Å²) in [6.07, 6.45) is 0. The summed E-state index contributed by atoms with van der Waals surface area (Å²) in [5.74, 6) is 0. The van der Waals surface area contributed by atoms with E-state index in [1.165, 1.54) is 6.07 Å². The van der Waals surface area contributed by atoms with E-state index < -0.39 is 4.92 Å². The van der Waals surface area contributed by atoms with Gasteiger partial charge in [-0.05, 0) is 42.8 Å². The van der Waals surface area contributed by atoms with Crippen molar-refractivity contribution in [3.05, 3.63) is 67.1 Å². The zero-order valence-electron chi connectivity index (χ0n) is 10.7. The van der Waals surface area contributed by atoms with Gasteiger partial charge in [0, 0.05) is 33.4 Å². The van der Waals surface area contributed by atoms with Gasteiger partial charge in [-0.3, -0.25) is 10.1 Å². The van der Waals surface area contributed by atoms with Gasteiger partial charge in [0.15, 0.2) is 0 Å². The summed E-state index contributed by atoms with van der Waals surface area (Å²) in [6.45, 7) is 2.36. The van der Waals surface area contributed by atoms with Gasteiger partial charge in [0.25, 0.3) is 5.69 Å². The number of benzene rings is 2. The summed E-state index contributed by atoms with van der Waals surface area (Å²) in [7, 11) is 0. The van der Waals surface area contributed by atoms with Crippen LogP contribution in [0, 0.1) is 17.0 Å². The van der Waals surface area contributed by atoms with Gasteiger partial charge in [0.1, 0.15) is 0 Å². The van der Waals surface area contributed by atoms with Crippen molar-refractivity contribution < 1.29 is 4.92 Å². The molecule has 2 rings (SSSR count). The fourth-order valence-corrected chi connectivity index (χ4v) is 2.22. The molecule has 0 saturated carbocycles. The van der Waals surface area contributed by atoms with Crippen molar-refractivity contribution >= 4 is 38.9 Å². The van der Waals surface area contributed by atoms with E-state index in [9.17, 15) is 10.1 Å². The molecule has 0 heterocycles. The highest BCUT2D eigenvalue weighted by molar-refractivity contribution is 9.10. The van der Waals surface area contributed by atoms with Crippen molar-refractivity contribution in [1.29, 1.82) is 0 Å². The van der Waals surface area contributed by atoms with Crippen LogP contribution in [0.3, 0.4) is 0 Å². The zero-order valence-corrected chi connectivity index (χ0v) is 13.0. The second kappa shape index (κ2) is 6.24. The molecule has 0 bridgehead atoms. The molecule has 0 unspecified atom stereocenters. The van der Waals surface area contributed by atoms with Gasteiger partial charge in [0.2, 0.25) is 0 Å². The first-order valence-corrected chi connectivity index (χ1v) is 7.07. The number of hydrogen-bond acceptors (Lipinski definition) is 3. The molecule has 0 saturated heterocycles. The van der Waals surface area contributed by atoms with Crippen LogP contribution in [0.4, 0.5) is 11.4 Å². The number of nitro groups is 1. The quantitative estimate of drug-likeness (QED) is 0.625. The van der Waals surface area contributed by atoms with E-state index in [2.05, 4.69) is 21.2 Å². The Balaban J connectivity index is 2.18. The third-order valence-corrected chi connectivity index (χ3v) is 4.01. The van der Waals surface area contributed by atoms with Gasteiger partial charge >= 0.3 is 0 Å². The van der Waals surface area contributed by atoms with Gasteiger partial charge in [-0.1, -0.05) is 27.5 Å². The number of rotatable bonds is 4. The zero-order chi connectivity index (χ0) is 14.7. The van der Waals surface area contributed by atoms with Crippen molar-refractivity contribution in [3.8, 4) is 0 Å². The lowest BCUT2D eigenvalue weighted by Crippen LogP contribution is -2.03. The fraction of sp³-hybridized carbons (Fsp3) is 0.143. The number of nitrogens with zero attached hydrogens (tertiary/aromatic N) is 1. The van der Waals surface area contributed by atoms with Crippen molar-refractivity contribution in [2.75, 3.05) is 5.32 Å². The topological polar surface area (TPSA) is 55.2 Å². The van der Waals surface area contributed by atoms with Crippen LogP contribution >= 0.6 is 27.5 Å². The standard InChI is InChI=1S/C14H12BrClN2O2/c1-9-6-12(4-5-13(9)15)17-8-10-2-3-11(16)7-14(10)18(19)20/h2-7,17H,8H2,1H3. The minimum Gasteiger partial charge on any atom is -0.381 e. The molecule has 1 N–H and O–H groups in total. The van der Waals surface area contributed by atoms with Gasteiger partial charge in [-0.2, -0.15) is 0 Å². The fourth-order valence-electron chi connectivity index (χ4n) is 1.81. The lowest BCUT2D eigenvalue weighted by molar-refractivity contribution is -0.385. The first-order valence-electron chi connectivity index (χ1n) is 5.90. The molecule has 0 spiro atoms. The average Bonchev–Trinajstić information content (AvgIpc) is 2.41. The Labute approximate surface area is 130 Å². The first kappa shape index (κ1) is 14.8. The van der Waals surface area contributed by atoms with Crippen LogP contribution in [-0.4, -0.2) is 4.92 Å². The van der Waals surface area contributed by atoms with Crippen LogP contribution in [0.25, 0.3) is 0 Å². The highest BCUT2D eigenvalue weighted by Crippen LogP contribution is 2.25. The van der Waals surface area contributed by atoms with Crippen LogP contribution < -0.4 is 5.32 Å². The van der Waals surface area contributed by atoms with E-state index in [0.717, 1.165) is 15.7 Å². The van der Waals surface area contributed by atoms with E-state index >= 15 is 0 Å². The summed E-state index contributed by atoms with van der Waals surface area (Å²) in [5.41, 5.74) is 2.63. The maximum absolute atomic E-state index is 11.0. The number of halogens is 2. The Kier molecular flexibility index (Phi) is 4.62. The Morgan fingerprint density at radius 3 is 2.70 bits per heavy atom. The van der Waals surface area contributed by atoms with Crippen molar-refractivity contribution in [2.24, 2.45) is 0 Å². The van der Waals surface area contributed by atoms with Crippen LogP contribution in [0.5, 0.6) is 0 Å². The second-order valence-corrected chi connectivity index (χ2v) is 5.64. The monoisotopic (exact) mass is 354 g/mol. The van der Waals surface area contributed by atoms with Crippen LogP contribution in [0.15, 0.2) is 40.9 Å². The largest absolute Gasteiger partial charge is 0.381 e. The number of nitro benzene ring substituents is 1. The molecule has 2 aromatic rings. The van der Waals surface area contributed by atoms with Crippen molar-refractivity contribution in [1.82, 2.24) is 0 Å². The van der Waals surface area contributed by atoms with Gasteiger partial charge in [-0.25, -0.2) is 0 Å². The Hall–Kier alpha value is -1.59. The highest BCUT2D eigenvalue weighted by atomic mass is 79.9. The molecular formula is C14H12BrClN2O2. The van der Waals surface area contributed by atoms with Crippen LogP contribution in [0.1, 0.15) is 11.1 Å². The van der Waals surface area contributed by atoms with Crippen molar-refractivity contribution in [3.63, 3.8) is 0 Å². The molecule has 104 valence electrons. The second-order valence-electron chi connectivity index (χ2n) is 4.35. The molecule has 2 aromatic carbocycles. The van der Waals surface area contributed by atoms with E-state index in [4.69, 9.17) is 11.6 Å². The van der Waals surface area contributed by atoms with E-state index in [1.54, 1.807) is 12.1 Å². The minimum atomic E-state index is -0.421. The highest BCUT2D eigenvalue weighted by Gasteiger charge is 2.13. The third kappa shape index (κ3) is 3.49. The Morgan fingerprint density at radius 2 is 2.05 bits per heavy atom. The number of nitrogens with one attached hydrogen (secondary N) is 1. The molecule has 20 heavy (non-hydrogen) atoms. The molecule has 0 fully saturated rings. The molecule has 0 aliphatic heterocycles. The molecule has 0 aliphatic rings. The van der Waals surface area contributed by atoms with Crippen molar-refractivity contribution in [2.45, 2.75) is 13.5 Å². The van der Waals surface area contributed by atoms with Crippen LogP contribution in [0.2, 0.25) is 5.02 Å². The molecule has 0 amide bonds. The predicted molar refractivity (Wildman–Crippen MR) is 84.3 cm³/mol. The Morgan fingerprint density at radius 1 is 1.30 bits per heavy atom. The molecule has 0 aromatic heterocycles. The van der Waals surface area contributed by atoms with Gasteiger partial charge in [0.05, 0.1) is 4.92 Å². The molecule has 6 heteroatoms. The molecular weight excluding hydrogens is 344 g/mol. The number of hydrogen-bond donors (Lipinski definition) is 1. The first-order chi connectivity index (χ1) is 9.47. The van der Waals surface area contributed by atoms with Crippen LogP contribution in [-0.2, 0) is 6.54 Å². The lowest BCUT2D eigenvalue weighted by Gasteiger charge is -2.09. The number of aryl methyl sites for hydroxylation is 1. The smallest absolute Gasteiger partial charge is 0.275 e. The maximum atomic E-state index is 11.0. The van der Waals surface area contributed by atoms with E-state index in [-0.39, 0.29) is 5.69 Å². The van der Waals surface area contributed by atoms with E-state index in [1.807, 2.05) is 25.1 Å². The normalized spacial score (nSPS) is 10.3. The summed E-state index contributed by atoms with van der Waals surface area (Å²) in [5, 5.41) is 14.5. The SMILES string of the molecule is Cc1cc(NCc2ccc(Cl)cc2[N+](=O)[O-])ccc1Br. The summed E-state index contributed by atoms with van der Waals surface area (Å²) in [4.78, 5) is 10.6. The van der Waals surface area contributed by atoms with E-state index in [0.29, 0.717) is 17.1 Å². The number of anilines is 1. The predicted octanol–water partition coefficient (Wildman–Crippen LogP) is 4.93. The summed E-state index contributed by atoms with van der Waals surface area (Å²) < 4.78 is 1.03.